The van der Waals surface area contributed by atoms with Crippen molar-refractivity contribution in [2.75, 3.05) is 4.90 Å². The molecule has 1 aliphatic rings. The average Bonchev–Trinajstić information content (AvgIpc) is 2.82. The first-order valence-electron chi connectivity index (χ1n) is 10.4. The van der Waals surface area contributed by atoms with Gasteiger partial charge in [-0.2, -0.15) is 0 Å². The predicted molar refractivity (Wildman–Crippen MR) is 127 cm³/mol. The molecule has 5 aromatic rings. The van der Waals surface area contributed by atoms with Gasteiger partial charge in [0.05, 0.1) is 5.69 Å². The van der Waals surface area contributed by atoms with Crippen LogP contribution in [0, 0.1) is 0 Å². The molecule has 0 fully saturated rings. The molecule has 1 nitrogen and oxygen atoms in total. The van der Waals surface area contributed by atoms with Crippen molar-refractivity contribution in [3.05, 3.63) is 126 Å². The molecule has 0 amide bonds. The molecule has 1 heteroatoms. The molecule has 0 radical (unpaired) electrons. The fourth-order valence-corrected chi connectivity index (χ4v) is 4.76. The molecule has 0 aliphatic heterocycles. The number of nitrogens with zero attached hydrogens (tertiary/aromatic N) is 1. The van der Waals surface area contributed by atoms with E-state index in [2.05, 4.69) is 120 Å². The van der Waals surface area contributed by atoms with E-state index < -0.39 is 0 Å². The van der Waals surface area contributed by atoms with E-state index in [0.717, 1.165) is 6.42 Å². The maximum absolute atomic E-state index is 2.36. The molecule has 0 saturated carbocycles. The summed E-state index contributed by atoms with van der Waals surface area (Å²) in [6.07, 6.45) is 0.987. The Morgan fingerprint density at radius 3 is 1.83 bits per heavy atom. The van der Waals surface area contributed by atoms with E-state index in [4.69, 9.17) is 0 Å². The second kappa shape index (κ2) is 6.89. The van der Waals surface area contributed by atoms with Gasteiger partial charge in [0, 0.05) is 16.8 Å². The smallest absolute Gasteiger partial charge is 0.0540 e. The molecule has 6 rings (SSSR count). The molecule has 0 bridgehead atoms. The fraction of sp³-hybridized carbons (Fsp3) is 0.0345. The molecule has 0 unspecified atom stereocenters. The van der Waals surface area contributed by atoms with Gasteiger partial charge in [-0.15, -0.1) is 0 Å². The van der Waals surface area contributed by atoms with Crippen molar-refractivity contribution in [3.63, 3.8) is 0 Å². The number of rotatable bonds is 3. The summed E-state index contributed by atoms with van der Waals surface area (Å²) in [7, 11) is 0. The van der Waals surface area contributed by atoms with Crippen LogP contribution < -0.4 is 4.90 Å². The van der Waals surface area contributed by atoms with Gasteiger partial charge in [-0.05, 0) is 64.4 Å². The van der Waals surface area contributed by atoms with Crippen molar-refractivity contribution in [1.29, 1.82) is 0 Å². The van der Waals surface area contributed by atoms with Crippen LogP contribution >= 0.6 is 0 Å². The molecule has 0 aromatic heterocycles. The first-order valence-corrected chi connectivity index (χ1v) is 10.4. The highest BCUT2D eigenvalue weighted by atomic mass is 15.1. The lowest BCUT2D eigenvalue weighted by Gasteiger charge is -2.29. The summed E-state index contributed by atoms with van der Waals surface area (Å²) < 4.78 is 0. The van der Waals surface area contributed by atoms with Crippen LogP contribution in [-0.4, -0.2) is 0 Å². The van der Waals surface area contributed by atoms with Crippen molar-refractivity contribution in [2.24, 2.45) is 0 Å². The molecule has 142 valence electrons. The number of anilines is 3. The predicted octanol–water partition coefficient (Wildman–Crippen LogP) is 7.88. The summed E-state index contributed by atoms with van der Waals surface area (Å²) in [6.45, 7) is 0. The van der Waals surface area contributed by atoms with Crippen molar-refractivity contribution in [3.8, 4) is 11.1 Å². The summed E-state index contributed by atoms with van der Waals surface area (Å²) in [5.74, 6) is 0. The third-order valence-corrected chi connectivity index (χ3v) is 6.06. The Balaban J connectivity index is 1.65. The Morgan fingerprint density at radius 2 is 1.10 bits per heavy atom. The number of fused-ring (bicyclic) bond motifs is 2. The molecule has 0 N–H and O–H groups in total. The third kappa shape index (κ3) is 2.63. The number of benzene rings is 5. The summed E-state index contributed by atoms with van der Waals surface area (Å²) >= 11 is 0. The van der Waals surface area contributed by atoms with Gasteiger partial charge in [-0.3, -0.25) is 0 Å². The second-order valence-corrected chi connectivity index (χ2v) is 7.81. The van der Waals surface area contributed by atoms with Crippen LogP contribution in [0.3, 0.4) is 0 Å². The summed E-state index contributed by atoms with van der Waals surface area (Å²) in [5, 5.41) is 2.68. The Hall–Kier alpha value is -3.84. The lowest BCUT2D eigenvalue weighted by atomic mass is 9.83. The monoisotopic (exact) mass is 383 g/mol. The largest absolute Gasteiger partial charge is 0.310 e. The van der Waals surface area contributed by atoms with Gasteiger partial charge >= 0.3 is 0 Å². The van der Waals surface area contributed by atoms with Crippen LogP contribution in [0.15, 0.2) is 115 Å². The van der Waals surface area contributed by atoms with Crippen LogP contribution in [0.4, 0.5) is 17.1 Å². The molecule has 30 heavy (non-hydrogen) atoms. The minimum Gasteiger partial charge on any atom is -0.310 e. The quantitative estimate of drug-likeness (QED) is 0.300. The van der Waals surface area contributed by atoms with E-state index >= 15 is 0 Å². The Morgan fingerprint density at radius 1 is 0.467 bits per heavy atom. The van der Waals surface area contributed by atoms with Gasteiger partial charge in [0.15, 0.2) is 0 Å². The minimum absolute atomic E-state index is 0.987. The first-order chi connectivity index (χ1) is 14.9. The second-order valence-electron chi connectivity index (χ2n) is 7.81. The fourth-order valence-electron chi connectivity index (χ4n) is 4.76. The van der Waals surface area contributed by atoms with Gasteiger partial charge in [0.25, 0.3) is 0 Å². The zero-order valence-corrected chi connectivity index (χ0v) is 16.6. The molecule has 0 saturated heterocycles. The maximum Gasteiger partial charge on any atom is 0.0540 e. The number of para-hydroxylation sites is 2. The van der Waals surface area contributed by atoms with E-state index in [-0.39, 0.29) is 0 Å². The molecule has 0 spiro atoms. The van der Waals surface area contributed by atoms with Crippen molar-refractivity contribution in [1.82, 2.24) is 0 Å². The molecule has 0 atom stereocenters. The van der Waals surface area contributed by atoms with Gasteiger partial charge in [0.2, 0.25) is 0 Å². The summed E-state index contributed by atoms with van der Waals surface area (Å²) in [4.78, 5) is 2.36. The zero-order valence-electron chi connectivity index (χ0n) is 16.6. The minimum atomic E-state index is 0.987. The normalized spacial score (nSPS) is 11.9. The number of hydrogen-bond acceptors (Lipinski definition) is 1. The van der Waals surface area contributed by atoms with Gasteiger partial charge in [-0.25, -0.2) is 0 Å². The van der Waals surface area contributed by atoms with Crippen molar-refractivity contribution < 1.29 is 0 Å². The van der Waals surface area contributed by atoms with Crippen molar-refractivity contribution >= 4 is 27.8 Å². The van der Waals surface area contributed by atoms with Gasteiger partial charge in [0.1, 0.15) is 0 Å². The standard InChI is InChI=1S/C29H21N/c1-3-12-23(13-4-1)30(24-14-5-2-6-15-24)28-19-18-26-25-16-8-7-10-21(25)20-22-11-9-17-27(28)29(22)26/h1-19H,20H2. The topological polar surface area (TPSA) is 3.24 Å². The van der Waals surface area contributed by atoms with Gasteiger partial charge in [-0.1, -0.05) is 84.9 Å². The Bertz CT molecular complexity index is 1310. The molecular weight excluding hydrogens is 362 g/mol. The zero-order chi connectivity index (χ0) is 19.9. The third-order valence-electron chi connectivity index (χ3n) is 6.06. The van der Waals surface area contributed by atoms with Crippen LogP contribution in [-0.2, 0) is 6.42 Å². The number of hydrogen-bond donors (Lipinski definition) is 0. The Labute approximate surface area is 176 Å². The van der Waals surface area contributed by atoms with Crippen LogP contribution in [0.2, 0.25) is 0 Å². The Kier molecular flexibility index (Phi) is 3.92. The highest BCUT2D eigenvalue weighted by molar-refractivity contribution is 6.09. The molecule has 0 heterocycles. The molecule has 5 aromatic carbocycles. The highest BCUT2D eigenvalue weighted by Gasteiger charge is 2.22. The van der Waals surface area contributed by atoms with E-state index in [0.29, 0.717) is 0 Å². The first kappa shape index (κ1) is 17.1. The molecule has 1 aliphatic carbocycles. The van der Waals surface area contributed by atoms with E-state index in [1.807, 2.05) is 0 Å². The van der Waals surface area contributed by atoms with E-state index in [9.17, 15) is 0 Å². The summed E-state index contributed by atoms with van der Waals surface area (Å²) in [5.41, 5.74) is 9.07. The van der Waals surface area contributed by atoms with Gasteiger partial charge < -0.3 is 4.90 Å². The maximum atomic E-state index is 2.36. The SMILES string of the molecule is c1ccc(N(c2ccccc2)c2ccc3c4c(cccc24)Cc2ccccc2-3)cc1. The van der Waals surface area contributed by atoms with Crippen molar-refractivity contribution in [2.45, 2.75) is 6.42 Å². The highest BCUT2D eigenvalue weighted by Crippen LogP contribution is 2.45. The lowest BCUT2D eigenvalue weighted by molar-refractivity contribution is 1.20. The van der Waals surface area contributed by atoms with Crippen LogP contribution in [0.5, 0.6) is 0 Å². The van der Waals surface area contributed by atoms with E-state index in [1.165, 1.54) is 50.1 Å². The van der Waals surface area contributed by atoms with Crippen LogP contribution in [0.25, 0.3) is 21.9 Å². The van der Waals surface area contributed by atoms with E-state index in [1.54, 1.807) is 0 Å². The summed E-state index contributed by atoms with van der Waals surface area (Å²) in [6, 6.07) is 41.4. The lowest BCUT2D eigenvalue weighted by Crippen LogP contribution is -2.11. The molecular formula is C29H21N. The average molecular weight is 383 g/mol. The van der Waals surface area contributed by atoms with Crippen LogP contribution in [0.1, 0.15) is 11.1 Å².